The first kappa shape index (κ1) is 8.54. The van der Waals surface area contributed by atoms with E-state index in [0.717, 1.165) is 6.42 Å². The van der Waals surface area contributed by atoms with Crippen LogP contribution in [0, 0.1) is 0 Å². The van der Waals surface area contributed by atoms with Crippen LogP contribution in [-0.4, -0.2) is 5.88 Å². The SMILES string of the molecule is CCC(CCl)[n+]1ccccc1. The van der Waals surface area contributed by atoms with Crippen molar-refractivity contribution in [2.24, 2.45) is 0 Å². The lowest BCUT2D eigenvalue weighted by Crippen LogP contribution is -2.39. The topological polar surface area (TPSA) is 3.88 Å². The monoisotopic (exact) mass is 170 g/mol. The van der Waals surface area contributed by atoms with E-state index in [1.807, 2.05) is 18.2 Å². The van der Waals surface area contributed by atoms with E-state index in [1.165, 1.54) is 0 Å². The summed E-state index contributed by atoms with van der Waals surface area (Å²) in [5.74, 6) is 0.686. The quantitative estimate of drug-likeness (QED) is 0.484. The fraction of sp³-hybridized carbons (Fsp3) is 0.444. The summed E-state index contributed by atoms with van der Waals surface area (Å²) in [5, 5.41) is 0. The maximum atomic E-state index is 5.78. The van der Waals surface area contributed by atoms with Crippen molar-refractivity contribution in [3.8, 4) is 0 Å². The molecule has 0 N–H and O–H groups in total. The summed E-state index contributed by atoms with van der Waals surface area (Å²) >= 11 is 5.78. The highest BCUT2D eigenvalue weighted by molar-refractivity contribution is 6.18. The molecular weight excluding hydrogens is 158 g/mol. The number of aromatic nitrogens is 1. The summed E-state index contributed by atoms with van der Waals surface area (Å²) in [4.78, 5) is 0. The van der Waals surface area contributed by atoms with Crippen LogP contribution in [0.5, 0.6) is 0 Å². The smallest absolute Gasteiger partial charge is 0.171 e. The Labute approximate surface area is 72.6 Å². The van der Waals surface area contributed by atoms with Crippen molar-refractivity contribution in [2.75, 3.05) is 5.88 Å². The maximum absolute atomic E-state index is 5.78. The molecule has 1 rings (SSSR count). The molecule has 11 heavy (non-hydrogen) atoms. The molecule has 1 atom stereocenters. The third-order valence-corrected chi connectivity index (χ3v) is 2.17. The number of nitrogens with zero attached hydrogens (tertiary/aromatic N) is 1. The Morgan fingerprint density at radius 1 is 1.27 bits per heavy atom. The second kappa shape index (κ2) is 4.35. The van der Waals surface area contributed by atoms with Gasteiger partial charge in [-0.1, -0.05) is 13.0 Å². The summed E-state index contributed by atoms with van der Waals surface area (Å²) in [6, 6.07) is 6.50. The molecule has 0 saturated carbocycles. The van der Waals surface area contributed by atoms with Crippen molar-refractivity contribution in [1.82, 2.24) is 0 Å². The Morgan fingerprint density at radius 3 is 2.36 bits per heavy atom. The lowest BCUT2D eigenvalue weighted by molar-refractivity contribution is -0.719. The average molecular weight is 171 g/mol. The molecule has 0 aliphatic rings. The fourth-order valence-electron chi connectivity index (χ4n) is 1.06. The predicted molar refractivity (Wildman–Crippen MR) is 46.7 cm³/mol. The molecule has 60 valence electrons. The Bertz CT molecular complexity index is 194. The molecule has 0 saturated heterocycles. The van der Waals surface area contributed by atoms with Crippen LogP contribution in [0.15, 0.2) is 30.6 Å². The normalized spacial score (nSPS) is 12.9. The number of halogens is 1. The van der Waals surface area contributed by atoms with Gasteiger partial charge in [-0.15, -0.1) is 11.6 Å². The highest BCUT2D eigenvalue weighted by atomic mass is 35.5. The molecule has 0 amide bonds. The van der Waals surface area contributed by atoms with Crippen molar-refractivity contribution in [2.45, 2.75) is 19.4 Å². The standard InChI is InChI=1S/C9H13ClN/c1-2-9(8-10)11-6-4-3-5-7-11/h3-7,9H,2,8H2,1H3/q+1. The van der Waals surface area contributed by atoms with Gasteiger partial charge in [0.2, 0.25) is 0 Å². The van der Waals surface area contributed by atoms with E-state index in [4.69, 9.17) is 11.6 Å². The van der Waals surface area contributed by atoms with Gasteiger partial charge in [-0.05, 0) is 0 Å². The molecule has 0 aromatic carbocycles. The minimum Gasteiger partial charge on any atom is -0.201 e. The van der Waals surface area contributed by atoms with Crippen LogP contribution in [0.25, 0.3) is 0 Å². The van der Waals surface area contributed by atoms with Gasteiger partial charge < -0.3 is 0 Å². The van der Waals surface area contributed by atoms with E-state index in [9.17, 15) is 0 Å². The summed E-state index contributed by atoms with van der Waals surface area (Å²) in [6.45, 7) is 2.15. The predicted octanol–water partition coefficient (Wildman–Crippen LogP) is 2.16. The minimum absolute atomic E-state index is 0.442. The third kappa shape index (κ3) is 2.19. The first-order chi connectivity index (χ1) is 5.38. The van der Waals surface area contributed by atoms with E-state index < -0.39 is 0 Å². The molecular formula is C9H13ClN+. The van der Waals surface area contributed by atoms with Crippen LogP contribution in [0.2, 0.25) is 0 Å². The average Bonchev–Trinajstić information content (AvgIpc) is 2.09. The van der Waals surface area contributed by atoms with Crippen LogP contribution < -0.4 is 4.57 Å². The van der Waals surface area contributed by atoms with Gasteiger partial charge in [-0.2, -0.15) is 0 Å². The first-order valence-electron chi connectivity index (χ1n) is 3.90. The van der Waals surface area contributed by atoms with Crippen molar-refractivity contribution >= 4 is 11.6 Å². The summed E-state index contributed by atoms with van der Waals surface area (Å²) in [6.07, 6.45) is 5.19. The van der Waals surface area contributed by atoms with Gasteiger partial charge in [0, 0.05) is 18.6 Å². The zero-order chi connectivity index (χ0) is 8.10. The third-order valence-electron chi connectivity index (χ3n) is 1.81. The zero-order valence-electron chi connectivity index (χ0n) is 6.70. The number of rotatable bonds is 3. The van der Waals surface area contributed by atoms with Crippen LogP contribution in [0.3, 0.4) is 0 Å². The molecule has 1 unspecified atom stereocenters. The largest absolute Gasteiger partial charge is 0.201 e. The molecule has 0 aliphatic carbocycles. The van der Waals surface area contributed by atoms with Gasteiger partial charge in [0.05, 0.1) is 5.88 Å². The molecule has 1 heterocycles. The molecule has 0 fully saturated rings. The summed E-state index contributed by atoms with van der Waals surface area (Å²) < 4.78 is 2.15. The molecule has 0 spiro atoms. The van der Waals surface area contributed by atoms with E-state index in [2.05, 4.69) is 23.9 Å². The minimum atomic E-state index is 0.442. The Hall–Kier alpha value is -0.560. The lowest BCUT2D eigenvalue weighted by Gasteiger charge is -2.04. The fourth-order valence-corrected chi connectivity index (χ4v) is 1.43. The first-order valence-corrected chi connectivity index (χ1v) is 4.43. The van der Waals surface area contributed by atoms with E-state index in [1.54, 1.807) is 0 Å². The molecule has 1 aromatic heterocycles. The molecule has 0 bridgehead atoms. The Balaban J connectivity index is 2.74. The van der Waals surface area contributed by atoms with Gasteiger partial charge in [0.1, 0.15) is 0 Å². The van der Waals surface area contributed by atoms with Gasteiger partial charge >= 0.3 is 0 Å². The van der Waals surface area contributed by atoms with E-state index in [-0.39, 0.29) is 0 Å². The molecule has 0 radical (unpaired) electrons. The van der Waals surface area contributed by atoms with Gasteiger partial charge in [0.25, 0.3) is 0 Å². The summed E-state index contributed by atoms with van der Waals surface area (Å²) in [5.41, 5.74) is 0. The Kier molecular flexibility index (Phi) is 3.37. The molecule has 0 aliphatic heterocycles. The van der Waals surface area contributed by atoms with Crippen LogP contribution in [0.1, 0.15) is 19.4 Å². The van der Waals surface area contributed by atoms with Crippen LogP contribution in [0.4, 0.5) is 0 Å². The van der Waals surface area contributed by atoms with Crippen LogP contribution >= 0.6 is 11.6 Å². The number of pyridine rings is 1. The Morgan fingerprint density at radius 2 is 1.91 bits per heavy atom. The second-order valence-corrected chi connectivity index (χ2v) is 2.85. The van der Waals surface area contributed by atoms with Gasteiger partial charge in [-0.3, -0.25) is 0 Å². The van der Waals surface area contributed by atoms with E-state index in [0.29, 0.717) is 11.9 Å². The molecule has 1 nitrogen and oxygen atoms in total. The number of alkyl halides is 1. The zero-order valence-corrected chi connectivity index (χ0v) is 7.46. The van der Waals surface area contributed by atoms with Gasteiger partial charge in [0.15, 0.2) is 18.4 Å². The van der Waals surface area contributed by atoms with Crippen molar-refractivity contribution < 1.29 is 4.57 Å². The van der Waals surface area contributed by atoms with Crippen molar-refractivity contribution in [3.63, 3.8) is 0 Å². The molecule has 2 heteroatoms. The van der Waals surface area contributed by atoms with Gasteiger partial charge in [-0.25, -0.2) is 4.57 Å². The summed E-state index contributed by atoms with van der Waals surface area (Å²) in [7, 11) is 0. The molecule has 1 aromatic rings. The number of hydrogen-bond acceptors (Lipinski definition) is 0. The van der Waals surface area contributed by atoms with Crippen LogP contribution in [-0.2, 0) is 0 Å². The van der Waals surface area contributed by atoms with Crippen molar-refractivity contribution in [1.29, 1.82) is 0 Å². The number of hydrogen-bond donors (Lipinski definition) is 0. The lowest BCUT2D eigenvalue weighted by atomic mass is 10.2. The van der Waals surface area contributed by atoms with E-state index >= 15 is 0 Å². The van der Waals surface area contributed by atoms with Crippen molar-refractivity contribution in [3.05, 3.63) is 30.6 Å². The second-order valence-electron chi connectivity index (χ2n) is 2.54. The highest BCUT2D eigenvalue weighted by Crippen LogP contribution is 2.03. The maximum Gasteiger partial charge on any atom is 0.171 e. The highest BCUT2D eigenvalue weighted by Gasteiger charge is 2.12.